The molecule has 6 heteroatoms. The second-order valence-corrected chi connectivity index (χ2v) is 7.72. The maximum atomic E-state index is 12.3. The number of ether oxygens (including phenoxy) is 1. The summed E-state index contributed by atoms with van der Waals surface area (Å²) in [4.78, 5) is 17.9. The van der Waals surface area contributed by atoms with Crippen molar-refractivity contribution in [1.82, 2.24) is 15.6 Å². The highest BCUT2D eigenvalue weighted by Crippen LogP contribution is 2.42. The Balaban J connectivity index is 1.38. The number of aryl methyl sites for hydroxylation is 1. The van der Waals surface area contributed by atoms with Crippen LogP contribution in [0.2, 0.25) is 0 Å². The Bertz CT molecular complexity index is 543. The lowest BCUT2D eigenvalue weighted by atomic mass is 9.96. The van der Waals surface area contributed by atoms with Gasteiger partial charge in [-0.3, -0.25) is 0 Å². The molecule has 1 aliphatic carbocycles. The van der Waals surface area contributed by atoms with Gasteiger partial charge in [0.15, 0.2) is 0 Å². The predicted octanol–water partition coefficient (Wildman–Crippen LogP) is 2.52. The number of thiazole rings is 1. The molecule has 2 N–H and O–H groups in total. The highest BCUT2D eigenvalue weighted by atomic mass is 32.1. The van der Waals surface area contributed by atoms with Gasteiger partial charge in [-0.25, -0.2) is 9.78 Å². The highest BCUT2D eigenvalue weighted by Gasteiger charge is 2.42. The summed E-state index contributed by atoms with van der Waals surface area (Å²) in [7, 11) is 0. The maximum absolute atomic E-state index is 12.3. The van der Waals surface area contributed by atoms with Crippen molar-refractivity contribution in [2.45, 2.75) is 63.3 Å². The molecule has 21 heavy (non-hydrogen) atoms. The third-order valence-corrected chi connectivity index (χ3v) is 5.70. The van der Waals surface area contributed by atoms with Crippen molar-refractivity contribution in [1.29, 1.82) is 0 Å². The van der Waals surface area contributed by atoms with Gasteiger partial charge in [-0.15, -0.1) is 11.3 Å². The lowest BCUT2D eigenvalue weighted by molar-refractivity contribution is 0.0980. The largest absolute Gasteiger partial charge is 0.373 e. The van der Waals surface area contributed by atoms with E-state index >= 15 is 0 Å². The van der Waals surface area contributed by atoms with Crippen LogP contribution in [-0.4, -0.2) is 29.3 Å². The zero-order valence-corrected chi connectivity index (χ0v) is 13.0. The number of nitrogens with zero attached hydrogens (tertiary/aromatic N) is 1. The minimum atomic E-state index is -0.0686. The topological polar surface area (TPSA) is 63.2 Å². The van der Waals surface area contributed by atoms with Crippen molar-refractivity contribution in [3.8, 4) is 0 Å². The molecule has 0 radical (unpaired) electrons. The molecule has 1 aromatic heterocycles. The van der Waals surface area contributed by atoms with Gasteiger partial charge in [-0.05, 0) is 44.9 Å². The van der Waals surface area contributed by atoms with Crippen LogP contribution in [0, 0.1) is 12.8 Å². The Morgan fingerprint density at radius 1 is 1.43 bits per heavy atom. The standard InChI is InChI=1S/C15H21N3O2S/c1-8-7-16-14(21-8)13(9-2-3-9)18-15(19)17-11-6-10-4-5-12(11)20-10/h7,9-13H,2-6H2,1H3,(H2,17,18,19)/t10-,11+,12-,13+/m1/s1. The first-order valence-corrected chi connectivity index (χ1v) is 8.65. The summed E-state index contributed by atoms with van der Waals surface area (Å²) in [5.41, 5.74) is 0. The van der Waals surface area contributed by atoms with Gasteiger partial charge in [0, 0.05) is 11.1 Å². The molecule has 114 valence electrons. The highest BCUT2D eigenvalue weighted by molar-refractivity contribution is 7.11. The molecule has 0 unspecified atom stereocenters. The van der Waals surface area contributed by atoms with Crippen LogP contribution in [0.3, 0.4) is 0 Å². The molecule has 1 aromatic rings. The molecule has 4 rings (SSSR count). The molecule has 0 aromatic carbocycles. The van der Waals surface area contributed by atoms with Crippen molar-refractivity contribution >= 4 is 17.4 Å². The Kier molecular flexibility index (Phi) is 3.38. The quantitative estimate of drug-likeness (QED) is 0.898. The second-order valence-electron chi connectivity index (χ2n) is 6.46. The number of nitrogens with one attached hydrogen (secondary N) is 2. The molecule has 5 nitrogen and oxygen atoms in total. The molecule has 3 fully saturated rings. The molecule has 4 atom stereocenters. The van der Waals surface area contributed by atoms with Crippen molar-refractivity contribution in [2.24, 2.45) is 5.92 Å². The summed E-state index contributed by atoms with van der Waals surface area (Å²) in [5, 5.41) is 7.28. The predicted molar refractivity (Wildman–Crippen MR) is 80.3 cm³/mol. The lowest BCUT2D eigenvalue weighted by Crippen LogP contribution is -2.47. The van der Waals surface area contributed by atoms with Crippen LogP contribution in [0.5, 0.6) is 0 Å². The van der Waals surface area contributed by atoms with Gasteiger partial charge in [0.25, 0.3) is 0 Å². The van der Waals surface area contributed by atoms with E-state index in [0.717, 1.165) is 24.3 Å². The Hall–Kier alpha value is -1.14. The van der Waals surface area contributed by atoms with Crippen LogP contribution in [-0.2, 0) is 4.74 Å². The zero-order valence-electron chi connectivity index (χ0n) is 12.2. The molecule has 3 heterocycles. The number of carbonyl (C=O) groups excluding carboxylic acids is 1. The van der Waals surface area contributed by atoms with E-state index in [-0.39, 0.29) is 24.2 Å². The van der Waals surface area contributed by atoms with E-state index < -0.39 is 0 Å². The van der Waals surface area contributed by atoms with Gasteiger partial charge in [0.1, 0.15) is 5.01 Å². The first-order chi connectivity index (χ1) is 10.2. The average molecular weight is 307 g/mol. The van der Waals surface area contributed by atoms with Crippen molar-refractivity contribution < 1.29 is 9.53 Å². The Labute approximate surface area is 128 Å². The van der Waals surface area contributed by atoms with Gasteiger partial charge in [0.05, 0.1) is 24.3 Å². The van der Waals surface area contributed by atoms with Crippen LogP contribution >= 0.6 is 11.3 Å². The Morgan fingerprint density at radius 3 is 2.86 bits per heavy atom. The number of fused-ring (bicyclic) bond motifs is 2. The lowest BCUT2D eigenvalue weighted by Gasteiger charge is -2.22. The van der Waals surface area contributed by atoms with E-state index in [4.69, 9.17) is 4.74 Å². The molecular formula is C15H21N3O2S. The van der Waals surface area contributed by atoms with Crippen LogP contribution in [0.1, 0.15) is 48.0 Å². The summed E-state index contributed by atoms with van der Waals surface area (Å²) in [5.74, 6) is 0.553. The minimum Gasteiger partial charge on any atom is -0.373 e. The molecule has 2 amide bonds. The monoisotopic (exact) mass is 307 g/mol. The number of hydrogen-bond donors (Lipinski definition) is 2. The van der Waals surface area contributed by atoms with Crippen molar-refractivity contribution in [2.75, 3.05) is 0 Å². The SMILES string of the molecule is Cc1cnc([C@@H](NC(=O)N[C@H]2C[C@H]3CC[C@H]2O3)C2CC2)s1. The fourth-order valence-electron chi connectivity index (χ4n) is 3.47. The molecule has 2 aliphatic heterocycles. The first kappa shape index (κ1) is 13.5. The summed E-state index contributed by atoms with van der Waals surface area (Å²) in [6.45, 7) is 2.05. The van der Waals surface area contributed by atoms with E-state index in [1.54, 1.807) is 11.3 Å². The molecular weight excluding hydrogens is 286 g/mol. The van der Waals surface area contributed by atoms with Crippen LogP contribution < -0.4 is 10.6 Å². The van der Waals surface area contributed by atoms with E-state index in [2.05, 4.69) is 22.5 Å². The average Bonchev–Trinajstić information content (AvgIpc) is 2.87. The first-order valence-electron chi connectivity index (χ1n) is 7.84. The molecule has 3 aliphatic rings. The van der Waals surface area contributed by atoms with Gasteiger partial charge in [-0.2, -0.15) is 0 Å². The molecule has 1 saturated carbocycles. The summed E-state index contributed by atoms with van der Waals surface area (Å²) in [6.07, 6.45) is 8.02. The van der Waals surface area contributed by atoms with Gasteiger partial charge in [0.2, 0.25) is 0 Å². The smallest absolute Gasteiger partial charge is 0.315 e. The summed E-state index contributed by atoms with van der Waals surface area (Å²) >= 11 is 1.68. The molecule has 0 spiro atoms. The number of rotatable bonds is 4. The van der Waals surface area contributed by atoms with Crippen LogP contribution in [0.25, 0.3) is 0 Å². The Morgan fingerprint density at radius 2 is 2.29 bits per heavy atom. The van der Waals surface area contributed by atoms with E-state index in [1.807, 2.05) is 6.20 Å². The number of amides is 2. The van der Waals surface area contributed by atoms with Crippen molar-refractivity contribution in [3.05, 3.63) is 16.1 Å². The van der Waals surface area contributed by atoms with E-state index in [0.29, 0.717) is 12.0 Å². The fourth-order valence-corrected chi connectivity index (χ4v) is 4.39. The van der Waals surface area contributed by atoms with E-state index in [9.17, 15) is 4.79 Å². The second kappa shape index (κ2) is 5.25. The third-order valence-electron chi connectivity index (χ3n) is 4.71. The maximum Gasteiger partial charge on any atom is 0.315 e. The van der Waals surface area contributed by atoms with Gasteiger partial charge >= 0.3 is 6.03 Å². The zero-order chi connectivity index (χ0) is 14.4. The third kappa shape index (κ3) is 2.79. The number of aromatic nitrogens is 1. The number of hydrogen-bond acceptors (Lipinski definition) is 4. The summed E-state index contributed by atoms with van der Waals surface area (Å²) in [6, 6.07) is 0.186. The van der Waals surface area contributed by atoms with Crippen molar-refractivity contribution in [3.63, 3.8) is 0 Å². The van der Waals surface area contributed by atoms with Gasteiger partial charge in [-0.1, -0.05) is 0 Å². The number of urea groups is 1. The van der Waals surface area contributed by atoms with E-state index in [1.165, 1.54) is 17.7 Å². The van der Waals surface area contributed by atoms with Gasteiger partial charge < -0.3 is 15.4 Å². The molecule has 2 saturated heterocycles. The summed E-state index contributed by atoms with van der Waals surface area (Å²) < 4.78 is 5.79. The minimum absolute atomic E-state index is 0.0686. The van der Waals surface area contributed by atoms with Crippen LogP contribution in [0.15, 0.2) is 6.20 Å². The fraction of sp³-hybridized carbons (Fsp3) is 0.733. The normalized spacial score (nSPS) is 32.1. The number of carbonyl (C=O) groups is 1. The molecule has 2 bridgehead atoms. The van der Waals surface area contributed by atoms with Crippen LogP contribution in [0.4, 0.5) is 4.79 Å².